The molecule has 0 amide bonds. The zero-order valence-electron chi connectivity index (χ0n) is 10.1. The third-order valence-electron chi connectivity index (χ3n) is 2.49. The van der Waals surface area contributed by atoms with Gasteiger partial charge in [-0.2, -0.15) is 0 Å². The third kappa shape index (κ3) is 3.14. The Labute approximate surface area is 117 Å². The van der Waals surface area contributed by atoms with Crippen LogP contribution in [0.1, 0.15) is 16.1 Å². The van der Waals surface area contributed by atoms with Crippen LogP contribution in [0.3, 0.4) is 0 Å². The Morgan fingerprint density at radius 1 is 1.42 bits per heavy atom. The lowest BCUT2D eigenvalue weighted by atomic mass is 10.1. The number of methoxy groups -OCH3 is 1. The van der Waals surface area contributed by atoms with Crippen molar-refractivity contribution in [2.24, 2.45) is 0 Å². The van der Waals surface area contributed by atoms with Gasteiger partial charge in [0.05, 0.1) is 24.8 Å². The SMILES string of the molecule is COc1cc(CC(=O)c2c(F)cccc2Br)ncn1. The zero-order valence-corrected chi connectivity index (χ0v) is 11.6. The number of nitrogens with zero attached hydrogens (tertiary/aromatic N) is 2. The van der Waals surface area contributed by atoms with E-state index in [2.05, 4.69) is 25.9 Å². The van der Waals surface area contributed by atoms with Gasteiger partial charge in [0.25, 0.3) is 0 Å². The molecule has 0 aliphatic carbocycles. The van der Waals surface area contributed by atoms with Crippen molar-refractivity contribution in [1.29, 1.82) is 0 Å². The second kappa shape index (κ2) is 5.88. The molecule has 1 aromatic carbocycles. The Balaban J connectivity index is 2.26. The van der Waals surface area contributed by atoms with Crippen molar-refractivity contribution in [3.63, 3.8) is 0 Å². The van der Waals surface area contributed by atoms with Crippen LogP contribution in [-0.2, 0) is 6.42 Å². The highest BCUT2D eigenvalue weighted by Crippen LogP contribution is 2.21. The summed E-state index contributed by atoms with van der Waals surface area (Å²) in [5.74, 6) is -0.545. The van der Waals surface area contributed by atoms with E-state index < -0.39 is 5.82 Å². The number of hydrogen-bond acceptors (Lipinski definition) is 4. The smallest absolute Gasteiger partial charge is 0.216 e. The van der Waals surface area contributed by atoms with E-state index in [0.29, 0.717) is 16.0 Å². The number of carbonyl (C=O) groups excluding carboxylic acids is 1. The summed E-state index contributed by atoms with van der Waals surface area (Å²) in [4.78, 5) is 19.9. The van der Waals surface area contributed by atoms with Crippen molar-refractivity contribution >= 4 is 21.7 Å². The minimum atomic E-state index is -0.555. The Hall–Kier alpha value is -1.82. The molecule has 98 valence electrons. The summed E-state index contributed by atoms with van der Waals surface area (Å²) < 4.78 is 19.0. The molecule has 1 heterocycles. The largest absolute Gasteiger partial charge is 0.481 e. The fourth-order valence-corrected chi connectivity index (χ4v) is 2.17. The van der Waals surface area contributed by atoms with E-state index in [1.165, 1.54) is 25.6 Å². The molecular formula is C13H10BrFN2O2. The molecule has 0 fully saturated rings. The maximum absolute atomic E-state index is 13.6. The molecule has 0 spiro atoms. The van der Waals surface area contributed by atoms with E-state index >= 15 is 0 Å². The Morgan fingerprint density at radius 3 is 2.89 bits per heavy atom. The molecule has 6 heteroatoms. The summed E-state index contributed by atoms with van der Waals surface area (Å²) in [6, 6.07) is 5.95. The van der Waals surface area contributed by atoms with E-state index in [-0.39, 0.29) is 17.8 Å². The first kappa shape index (κ1) is 13.6. The number of hydrogen-bond donors (Lipinski definition) is 0. The van der Waals surface area contributed by atoms with Gasteiger partial charge in [0.1, 0.15) is 12.1 Å². The lowest BCUT2D eigenvalue weighted by Crippen LogP contribution is -2.08. The summed E-state index contributed by atoms with van der Waals surface area (Å²) >= 11 is 3.17. The molecule has 0 radical (unpaired) electrons. The quantitative estimate of drug-likeness (QED) is 0.811. The van der Waals surface area contributed by atoms with Crippen LogP contribution < -0.4 is 4.74 Å². The zero-order chi connectivity index (χ0) is 13.8. The molecule has 2 rings (SSSR count). The fourth-order valence-electron chi connectivity index (χ4n) is 1.60. The highest BCUT2D eigenvalue weighted by Gasteiger charge is 2.16. The van der Waals surface area contributed by atoms with E-state index in [0.717, 1.165) is 0 Å². The average Bonchev–Trinajstić information content (AvgIpc) is 2.38. The minimum absolute atomic E-state index is 0.0155. The maximum Gasteiger partial charge on any atom is 0.216 e. The van der Waals surface area contributed by atoms with Crippen molar-refractivity contribution in [3.8, 4) is 5.88 Å². The summed E-state index contributed by atoms with van der Waals surface area (Å²) in [6.07, 6.45) is 1.29. The van der Waals surface area contributed by atoms with Crippen molar-refractivity contribution in [3.05, 3.63) is 52.1 Å². The van der Waals surface area contributed by atoms with Gasteiger partial charge in [-0.25, -0.2) is 14.4 Å². The molecule has 2 aromatic rings. The fraction of sp³-hybridized carbons (Fsp3) is 0.154. The number of rotatable bonds is 4. The second-order valence-electron chi connectivity index (χ2n) is 3.75. The molecule has 0 saturated heterocycles. The van der Waals surface area contributed by atoms with Crippen LogP contribution in [0.15, 0.2) is 35.1 Å². The second-order valence-corrected chi connectivity index (χ2v) is 4.60. The molecule has 4 nitrogen and oxygen atoms in total. The molecule has 0 N–H and O–H groups in total. The standard InChI is InChI=1S/C13H10BrFN2O2/c1-19-12-6-8(16-7-17-12)5-11(18)13-9(14)3-2-4-10(13)15/h2-4,6-7H,5H2,1H3. The molecule has 1 aromatic heterocycles. The number of Topliss-reactive ketones (excluding diaryl/α,β-unsaturated/α-hetero) is 1. The minimum Gasteiger partial charge on any atom is -0.481 e. The predicted octanol–water partition coefficient (Wildman–Crippen LogP) is 2.81. The summed E-state index contributed by atoms with van der Waals surface area (Å²) in [5, 5.41) is 0. The van der Waals surface area contributed by atoms with E-state index in [1.54, 1.807) is 12.1 Å². The topological polar surface area (TPSA) is 52.1 Å². The van der Waals surface area contributed by atoms with Crippen molar-refractivity contribution < 1.29 is 13.9 Å². The molecule has 0 aliphatic rings. The number of ketones is 1. The normalized spacial score (nSPS) is 10.3. The van der Waals surface area contributed by atoms with Crippen LogP contribution >= 0.6 is 15.9 Å². The van der Waals surface area contributed by atoms with Crippen molar-refractivity contribution in [1.82, 2.24) is 9.97 Å². The molecule has 0 atom stereocenters. The number of halogens is 2. The monoisotopic (exact) mass is 324 g/mol. The van der Waals surface area contributed by atoms with Gasteiger partial charge in [0, 0.05) is 10.5 Å². The Bertz CT molecular complexity index is 599. The molecule has 0 unspecified atom stereocenters. The van der Waals surface area contributed by atoms with Gasteiger partial charge in [0.2, 0.25) is 5.88 Å². The van der Waals surface area contributed by atoms with Crippen molar-refractivity contribution in [2.75, 3.05) is 7.11 Å². The number of carbonyl (C=O) groups is 1. The number of aromatic nitrogens is 2. The predicted molar refractivity (Wildman–Crippen MR) is 70.7 cm³/mol. The third-order valence-corrected chi connectivity index (χ3v) is 3.15. The maximum atomic E-state index is 13.6. The van der Waals surface area contributed by atoms with Gasteiger partial charge in [0.15, 0.2) is 5.78 Å². The van der Waals surface area contributed by atoms with Crippen LogP contribution in [-0.4, -0.2) is 22.9 Å². The highest BCUT2D eigenvalue weighted by atomic mass is 79.9. The van der Waals surface area contributed by atoms with Crippen LogP contribution in [0.4, 0.5) is 4.39 Å². The van der Waals surface area contributed by atoms with E-state index in [4.69, 9.17) is 4.74 Å². The van der Waals surface area contributed by atoms with Crippen molar-refractivity contribution in [2.45, 2.75) is 6.42 Å². The molecule has 0 saturated carbocycles. The lowest BCUT2D eigenvalue weighted by molar-refractivity contribution is 0.0987. The molecular weight excluding hydrogens is 315 g/mol. The van der Waals surface area contributed by atoms with Gasteiger partial charge < -0.3 is 4.74 Å². The average molecular weight is 325 g/mol. The first-order valence-electron chi connectivity index (χ1n) is 5.44. The lowest BCUT2D eigenvalue weighted by Gasteiger charge is -2.05. The Kier molecular flexibility index (Phi) is 4.21. The van der Waals surface area contributed by atoms with Gasteiger partial charge in [-0.15, -0.1) is 0 Å². The van der Waals surface area contributed by atoms with Gasteiger partial charge in [-0.1, -0.05) is 6.07 Å². The van der Waals surface area contributed by atoms with Crippen LogP contribution in [0.2, 0.25) is 0 Å². The van der Waals surface area contributed by atoms with Gasteiger partial charge in [-0.3, -0.25) is 4.79 Å². The van der Waals surface area contributed by atoms with E-state index in [9.17, 15) is 9.18 Å². The number of benzene rings is 1. The molecule has 0 bridgehead atoms. The van der Waals surface area contributed by atoms with E-state index in [1.807, 2.05) is 0 Å². The number of ether oxygens (including phenoxy) is 1. The molecule has 0 aliphatic heterocycles. The summed E-state index contributed by atoms with van der Waals surface area (Å²) in [5.41, 5.74) is 0.507. The van der Waals surface area contributed by atoms with Gasteiger partial charge >= 0.3 is 0 Å². The summed E-state index contributed by atoms with van der Waals surface area (Å²) in [6.45, 7) is 0. The molecule has 19 heavy (non-hydrogen) atoms. The highest BCUT2D eigenvalue weighted by molar-refractivity contribution is 9.10. The van der Waals surface area contributed by atoms with Crippen LogP contribution in [0.5, 0.6) is 5.88 Å². The van der Waals surface area contributed by atoms with Crippen LogP contribution in [0.25, 0.3) is 0 Å². The first-order chi connectivity index (χ1) is 9.11. The van der Waals surface area contributed by atoms with Gasteiger partial charge in [-0.05, 0) is 28.1 Å². The first-order valence-corrected chi connectivity index (χ1v) is 6.23. The van der Waals surface area contributed by atoms with Crippen LogP contribution in [0, 0.1) is 5.82 Å². The summed E-state index contributed by atoms with van der Waals surface area (Å²) in [7, 11) is 1.47. The Morgan fingerprint density at radius 2 is 2.21 bits per heavy atom.